The smallest absolute Gasteiger partial charge is 0.354 e. The summed E-state index contributed by atoms with van der Waals surface area (Å²) in [5.41, 5.74) is 6.75. The summed E-state index contributed by atoms with van der Waals surface area (Å²) in [7, 11) is 0. The minimum absolute atomic E-state index is 0.118. The normalized spacial score (nSPS) is 11.8. The number of carbonyl (C=O) groups excluding carboxylic acids is 1. The van der Waals surface area contributed by atoms with Gasteiger partial charge >= 0.3 is 5.97 Å². The predicted octanol–water partition coefficient (Wildman–Crippen LogP) is 3.53. The summed E-state index contributed by atoms with van der Waals surface area (Å²) in [6.45, 7) is 2.07. The van der Waals surface area contributed by atoms with Crippen LogP contribution in [-0.4, -0.2) is 12.6 Å². The zero-order valence-electron chi connectivity index (χ0n) is 9.77. The first-order chi connectivity index (χ1) is 8.63. The van der Waals surface area contributed by atoms with Gasteiger partial charge in [0.25, 0.3) is 0 Å². The molecule has 0 saturated carbocycles. The second kappa shape index (κ2) is 5.54. The van der Waals surface area contributed by atoms with Gasteiger partial charge in [0.05, 0.1) is 6.61 Å². The van der Waals surface area contributed by atoms with Gasteiger partial charge in [0, 0.05) is 14.6 Å². The molecule has 18 heavy (non-hydrogen) atoms. The Morgan fingerprint density at radius 1 is 1.56 bits per heavy atom. The van der Waals surface area contributed by atoms with E-state index >= 15 is 0 Å². The molecule has 0 amide bonds. The molecular weight excluding hydrogens is 314 g/mol. The monoisotopic (exact) mass is 325 g/mol. The summed E-state index contributed by atoms with van der Waals surface area (Å²) in [5.74, 6) is -0.482. The van der Waals surface area contributed by atoms with E-state index in [0.717, 1.165) is 20.1 Å². The van der Waals surface area contributed by atoms with E-state index < -0.39 is 5.97 Å². The molecule has 2 N–H and O–H groups in total. The molecule has 1 heterocycles. The average molecular weight is 326 g/mol. The van der Waals surface area contributed by atoms with E-state index in [2.05, 4.69) is 15.9 Å². The highest BCUT2D eigenvalue weighted by Crippen LogP contribution is 2.33. The largest absolute Gasteiger partial charge is 0.461 e. The third kappa shape index (κ3) is 2.57. The highest BCUT2D eigenvalue weighted by molar-refractivity contribution is 9.10. The summed E-state index contributed by atoms with van der Waals surface area (Å²) in [6, 6.07) is 5.97. The Bertz CT molecular complexity index is 618. The molecule has 0 radical (unpaired) electrons. The number of nitrogens with two attached hydrogens (primary N) is 1. The number of thiophene rings is 1. The SMILES string of the molecule is CCOC(=O)/C(N)=C/c1csc2cccc(Br)c12. The Morgan fingerprint density at radius 2 is 2.33 bits per heavy atom. The first-order valence-corrected chi connectivity index (χ1v) is 7.10. The van der Waals surface area contributed by atoms with E-state index in [1.807, 2.05) is 23.6 Å². The molecule has 5 heteroatoms. The summed E-state index contributed by atoms with van der Waals surface area (Å²) in [6.07, 6.45) is 1.65. The van der Waals surface area contributed by atoms with Crippen molar-refractivity contribution in [1.82, 2.24) is 0 Å². The summed E-state index contributed by atoms with van der Waals surface area (Å²) in [4.78, 5) is 11.5. The van der Waals surface area contributed by atoms with Crippen LogP contribution in [0.2, 0.25) is 0 Å². The molecule has 0 spiro atoms. The Morgan fingerprint density at radius 3 is 3.06 bits per heavy atom. The summed E-state index contributed by atoms with van der Waals surface area (Å²) < 4.78 is 6.99. The van der Waals surface area contributed by atoms with Gasteiger partial charge in [-0.15, -0.1) is 11.3 Å². The first kappa shape index (κ1) is 13.1. The fourth-order valence-electron chi connectivity index (χ4n) is 1.62. The van der Waals surface area contributed by atoms with Crippen LogP contribution in [0.5, 0.6) is 0 Å². The fourth-order valence-corrected chi connectivity index (χ4v) is 3.28. The molecule has 0 unspecified atom stereocenters. The number of hydrogen-bond donors (Lipinski definition) is 1. The van der Waals surface area contributed by atoms with Crippen LogP contribution in [0.25, 0.3) is 16.2 Å². The fraction of sp³-hybridized carbons (Fsp3) is 0.154. The van der Waals surface area contributed by atoms with Crippen molar-refractivity contribution in [3.63, 3.8) is 0 Å². The lowest BCUT2D eigenvalue weighted by Gasteiger charge is -2.01. The van der Waals surface area contributed by atoms with Gasteiger partial charge in [-0.2, -0.15) is 0 Å². The lowest BCUT2D eigenvalue weighted by Crippen LogP contribution is -2.14. The zero-order valence-corrected chi connectivity index (χ0v) is 12.2. The summed E-state index contributed by atoms with van der Waals surface area (Å²) >= 11 is 5.12. The van der Waals surface area contributed by atoms with Crippen LogP contribution < -0.4 is 5.73 Å². The predicted molar refractivity (Wildman–Crippen MR) is 78.3 cm³/mol. The average Bonchev–Trinajstić information content (AvgIpc) is 2.74. The Kier molecular flexibility index (Phi) is 4.04. The first-order valence-electron chi connectivity index (χ1n) is 5.43. The standard InChI is InChI=1S/C13H12BrNO2S/c1-2-17-13(16)10(15)6-8-7-18-11-5-3-4-9(14)12(8)11/h3-7H,2,15H2,1H3/b10-6-. The molecule has 94 valence electrons. The number of fused-ring (bicyclic) bond motifs is 1. The number of halogens is 1. The number of esters is 1. The van der Waals surface area contributed by atoms with Gasteiger partial charge in [-0.25, -0.2) is 4.79 Å². The Balaban J connectivity index is 2.43. The van der Waals surface area contributed by atoms with Crippen LogP contribution in [-0.2, 0) is 9.53 Å². The number of carbonyl (C=O) groups is 1. The molecule has 1 aromatic carbocycles. The second-order valence-electron chi connectivity index (χ2n) is 3.62. The number of rotatable bonds is 3. The van der Waals surface area contributed by atoms with Gasteiger partial charge < -0.3 is 10.5 Å². The second-order valence-corrected chi connectivity index (χ2v) is 5.39. The molecule has 2 aromatic rings. The highest BCUT2D eigenvalue weighted by atomic mass is 79.9. The minimum Gasteiger partial charge on any atom is -0.461 e. The molecule has 2 rings (SSSR count). The topological polar surface area (TPSA) is 52.3 Å². The van der Waals surface area contributed by atoms with Crippen LogP contribution in [0.15, 0.2) is 33.7 Å². The molecule has 0 aliphatic rings. The van der Waals surface area contributed by atoms with E-state index in [9.17, 15) is 4.79 Å². The van der Waals surface area contributed by atoms with E-state index in [-0.39, 0.29) is 5.70 Å². The Hall–Kier alpha value is -1.33. The minimum atomic E-state index is -0.482. The van der Waals surface area contributed by atoms with Crippen LogP contribution >= 0.6 is 27.3 Å². The van der Waals surface area contributed by atoms with Gasteiger partial charge in [0.15, 0.2) is 0 Å². The van der Waals surface area contributed by atoms with E-state index in [4.69, 9.17) is 10.5 Å². The third-order valence-corrected chi connectivity index (χ3v) is 4.03. The maximum Gasteiger partial charge on any atom is 0.354 e. The quantitative estimate of drug-likeness (QED) is 0.693. The molecule has 0 bridgehead atoms. The molecule has 0 aliphatic heterocycles. The molecule has 0 fully saturated rings. The van der Waals surface area contributed by atoms with E-state index in [1.54, 1.807) is 24.3 Å². The lowest BCUT2D eigenvalue weighted by atomic mass is 10.1. The Labute approximate surface area is 117 Å². The number of benzene rings is 1. The van der Waals surface area contributed by atoms with Crippen LogP contribution in [0.1, 0.15) is 12.5 Å². The van der Waals surface area contributed by atoms with Crippen LogP contribution in [0.3, 0.4) is 0 Å². The summed E-state index contributed by atoms with van der Waals surface area (Å²) in [5, 5.41) is 3.04. The van der Waals surface area contributed by atoms with Gasteiger partial charge in [-0.3, -0.25) is 0 Å². The van der Waals surface area contributed by atoms with Gasteiger partial charge in [0.1, 0.15) is 5.70 Å². The van der Waals surface area contributed by atoms with E-state index in [1.165, 1.54) is 0 Å². The molecule has 1 aromatic heterocycles. The number of ether oxygens (including phenoxy) is 1. The van der Waals surface area contributed by atoms with Crippen LogP contribution in [0, 0.1) is 0 Å². The van der Waals surface area contributed by atoms with Crippen molar-refractivity contribution in [1.29, 1.82) is 0 Å². The molecule has 0 aliphatic carbocycles. The van der Waals surface area contributed by atoms with Crippen molar-refractivity contribution >= 4 is 49.4 Å². The van der Waals surface area contributed by atoms with Crippen molar-refractivity contribution in [2.75, 3.05) is 6.61 Å². The molecule has 0 atom stereocenters. The maximum absolute atomic E-state index is 11.5. The molecular formula is C13H12BrNO2S. The van der Waals surface area contributed by atoms with E-state index in [0.29, 0.717) is 6.61 Å². The van der Waals surface area contributed by atoms with Crippen molar-refractivity contribution in [3.8, 4) is 0 Å². The van der Waals surface area contributed by atoms with Gasteiger partial charge in [-0.1, -0.05) is 22.0 Å². The third-order valence-electron chi connectivity index (χ3n) is 2.40. The highest BCUT2D eigenvalue weighted by Gasteiger charge is 2.09. The van der Waals surface area contributed by atoms with Crippen molar-refractivity contribution in [2.24, 2.45) is 5.73 Å². The molecule has 3 nitrogen and oxygen atoms in total. The van der Waals surface area contributed by atoms with Crippen molar-refractivity contribution in [2.45, 2.75) is 6.92 Å². The molecule has 0 saturated heterocycles. The van der Waals surface area contributed by atoms with Crippen molar-refractivity contribution < 1.29 is 9.53 Å². The zero-order chi connectivity index (χ0) is 13.1. The van der Waals surface area contributed by atoms with Gasteiger partial charge in [-0.05, 0) is 36.1 Å². The van der Waals surface area contributed by atoms with Crippen molar-refractivity contribution in [3.05, 3.63) is 39.3 Å². The lowest BCUT2D eigenvalue weighted by molar-refractivity contribution is -0.138. The maximum atomic E-state index is 11.5. The van der Waals surface area contributed by atoms with Gasteiger partial charge in [0.2, 0.25) is 0 Å². The number of hydrogen-bond acceptors (Lipinski definition) is 4. The van der Waals surface area contributed by atoms with Crippen LogP contribution in [0.4, 0.5) is 0 Å².